The van der Waals surface area contributed by atoms with E-state index >= 15 is 0 Å². The third-order valence-electron chi connectivity index (χ3n) is 2.22. The molecule has 1 N–H and O–H groups in total. The first-order valence-electron chi connectivity index (χ1n) is 5.86. The SMILES string of the molecule is C=Cc1ccc(NC(=O)OC(C)(C)C)cc1C(F)(F)F. The van der Waals surface area contributed by atoms with Gasteiger partial charge in [-0.3, -0.25) is 5.32 Å². The molecule has 0 fully saturated rings. The van der Waals surface area contributed by atoms with Crippen LogP contribution in [0.4, 0.5) is 23.7 Å². The standard InChI is InChI=1S/C14H16F3NO2/c1-5-9-6-7-10(8-11(9)14(15,16)17)18-12(19)20-13(2,3)4/h5-8H,1H2,2-4H3,(H,18,19). The number of alkyl halides is 3. The van der Waals surface area contributed by atoms with E-state index in [2.05, 4.69) is 11.9 Å². The summed E-state index contributed by atoms with van der Waals surface area (Å²) in [6, 6.07) is 3.44. The van der Waals surface area contributed by atoms with Gasteiger partial charge in [0, 0.05) is 5.69 Å². The van der Waals surface area contributed by atoms with E-state index in [0.717, 1.165) is 12.1 Å². The average Bonchev–Trinajstić information content (AvgIpc) is 2.25. The Morgan fingerprint density at radius 1 is 1.30 bits per heavy atom. The Morgan fingerprint density at radius 3 is 2.35 bits per heavy atom. The lowest BCUT2D eigenvalue weighted by Gasteiger charge is -2.20. The van der Waals surface area contributed by atoms with E-state index in [1.165, 1.54) is 12.1 Å². The van der Waals surface area contributed by atoms with Crippen LogP contribution in [0.3, 0.4) is 0 Å². The number of halogens is 3. The van der Waals surface area contributed by atoms with E-state index in [9.17, 15) is 18.0 Å². The molecule has 0 radical (unpaired) electrons. The summed E-state index contributed by atoms with van der Waals surface area (Å²) in [6.07, 6.45) is -4.22. The molecule has 0 spiro atoms. The molecule has 1 aromatic rings. The summed E-state index contributed by atoms with van der Waals surface area (Å²) in [5.74, 6) is 0. The van der Waals surface area contributed by atoms with Gasteiger partial charge >= 0.3 is 12.3 Å². The second kappa shape index (κ2) is 5.56. The molecule has 0 saturated heterocycles. The molecule has 0 heterocycles. The molecule has 0 aliphatic rings. The van der Waals surface area contributed by atoms with Gasteiger partial charge in [0.1, 0.15) is 5.60 Å². The second-order valence-corrected chi connectivity index (χ2v) is 5.13. The number of rotatable bonds is 2. The summed E-state index contributed by atoms with van der Waals surface area (Å²) < 4.78 is 43.5. The molecule has 0 aliphatic heterocycles. The van der Waals surface area contributed by atoms with Crippen molar-refractivity contribution in [2.45, 2.75) is 32.5 Å². The molecule has 0 saturated carbocycles. The van der Waals surface area contributed by atoms with Crippen LogP contribution in [0.5, 0.6) is 0 Å². The highest BCUT2D eigenvalue weighted by Crippen LogP contribution is 2.34. The molecule has 0 atom stereocenters. The first kappa shape index (κ1) is 16.1. The van der Waals surface area contributed by atoms with E-state index < -0.39 is 23.4 Å². The molecular weight excluding hydrogens is 271 g/mol. The Balaban J connectivity index is 2.99. The fraction of sp³-hybridized carbons (Fsp3) is 0.357. The summed E-state index contributed by atoms with van der Waals surface area (Å²) in [5, 5.41) is 2.27. The molecule has 6 heteroatoms. The summed E-state index contributed by atoms with van der Waals surface area (Å²) in [4.78, 5) is 11.5. The number of anilines is 1. The average molecular weight is 287 g/mol. The predicted octanol–water partition coefficient (Wildman–Crippen LogP) is 4.70. The van der Waals surface area contributed by atoms with Gasteiger partial charge in [-0.05, 0) is 38.5 Å². The van der Waals surface area contributed by atoms with Crippen LogP contribution in [0.1, 0.15) is 31.9 Å². The molecule has 20 heavy (non-hydrogen) atoms. The first-order chi connectivity index (χ1) is 9.03. The minimum atomic E-state index is -4.52. The molecule has 110 valence electrons. The monoisotopic (exact) mass is 287 g/mol. The zero-order chi connectivity index (χ0) is 15.6. The van der Waals surface area contributed by atoms with Gasteiger partial charge in [-0.2, -0.15) is 13.2 Å². The fourth-order valence-corrected chi connectivity index (χ4v) is 1.48. The van der Waals surface area contributed by atoms with Crippen LogP contribution in [0.2, 0.25) is 0 Å². The lowest BCUT2D eigenvalue weighted by atomic mass is 10.1. The maximum atomic E-state index is 12.8. The van der Waals surface area contributed by atoms with Crippen LogP contribution in [0.25, 0.3) is 6.08 Å². The lowest BCUT2D eigenvalue weighted by Crippen LogP contribution is -2.27. The minimum absolute atomic E-state index is 0.0113. The van der Waals surface area contributed by atoms with Crippen molar-refractivity contribution in [3.63, 3.8) is 0 Å². The Labute approximate surface area is 115 Å². The molecule has 3 nitrogen and oxygen atoms in total. The van der Waals surface area contributed by atoms with Gasteiger partial charge in [-0.15, -0.1) is 0 Å². The number of amides is 1. The fourth-order valence-electron chi connectivity index (χ4n) is 1.48. The quantitative estimate of drug-likeness (QED) is 0.856. The van der Waals surface area contributed by atoms with Crippen LogP contribution < -0.4 is 5.32 Å². The van der Waals surface area contributed by atoms with Crippen molar-refractivity contribution >= 4 is 17.9 Å². The van der Waals surface area contributed by atoms with Gasteiger partial charge < -0.3 is 4.74 Å². The Kier molecular flexibility index (Phi) is 4.47. The Bertz CT molecular complexity index is 516. The summed E-state index contributed by atoms with van der Waals surface area (Å²) in [7, 11) is 0. The van der Waals surface area contributed by atoms with Gasteiger partial charge in [0.25, 0.3) is 0 Å². The predicted molar refractivity (Wildman–Crippen MR) is 71.4 cm³/mol. The van der Waals surface area contributed by atoms with Crippen LogP contribution >= 0.6 is 0 Å². The molecule has 0 aliphatic carbocycles. The van der Waals surface area contributed by atoms with Crippen LogP contribution in [-0.4, -0.2) is 11.7 Å². The number of hydrogen-bond donors (Lipinski definition) is 1. The highest BCUT2D eigenvalue weighted by Gasteiger charge is 2.33. The van der Waals surface area contributed by atoms with Crippen molar-refractivity contribution in [1.29, 1.82) is 0 Å². The second-order valence-electron chi connectivity index (χ2n) is 5.13. The zero-order valence-electron chi connectivity index (χ0n) is 11.5. The zero-order valence-corrected chi connectivity index (χ0v) is 11.5. The number of benzene rings is 1. The number of ether oxygens (including phenoxy) is 1. The van der Waals surface area contributed by atoms with Crippen molar-refractivity contribution in [2.75, 3.05) is 5.32 Å². The van der Waals surface area contributed by atoms with E-state index in [4.69, 9.17) is 4.74 Å². The maximum Gasteiger partial charge on any atom is 0.417 e. The van der Waals surface area contributed by atoms with Crippen molar-refractivity contribution in [1.82, 2.24) is 0 Å². The topological polar surface area (TPSA) is 38.3 Å². The first-order valence-corrected chi connectivity index (χ1v) is 5.86. The van der Waals surface area contributed by atoms with Gasteiger partial charge in [-0.25, -0.2) is 4.79 Å². The Hall–Kier alpha value is -1.98. The van der Waals surface area contributed by atoms with E-state index in [1.807, 2.05) is 0 Å². The van der Waals surface area contributed by atoms with Crippen LogP contribution in [-0.2, 0) is 10.9 Å². The minimum Gasteiger partial charge on any atom is -0.444 e. The molecule has 0 bridgehead atoms. The number of hydrogen-bond acceptors (Lipinski definition) is 2. The molecule has 0 aromatic heterocycles. The molecule has 1 amide bonds. The van der Waals surface area contributed by atoms with Gasteiger partial charge in [0.05, 0.1) is 5.56 Å². The van der Waals surface area contributed by atoms with Gasteiger partial charge in [-0.1, -0.05) is 18.7 Å². The maximum absolute atomic E-state index is 12.8. The Morgan fingerprint density at radius 2 is 1.90 bits per heavy atom. The third kappa shape index (κ3) is 4.60. The van der Waals surface area contributed by atoms with Crippen LogP contribution in [0.15, 0.2) is 24.8 Å². The van der Waals surface area contributed by atoms with Crippen molar-refractivity contribution < 1.29 is 22.7 Å². The third-order valence-corrected chi connectivity index (χ3v) is 2.22. The van der Waals surface area contributed by atoms with Gasteiger partial charge in [0.2, 0.25) is 0 Å². The van der Waals surface area contributed by atoms with Crippen LogP contribution in [0, 0.1) is 0 Å². The lowest BCUT2D eigenvalue weighted by molar-refractivity contribution is -0.137. The highest BCUT2D eigenvalue weighted by atomic mass is 19.4. The van der Waals surface area contributed by atoms with Crippen molar-refractivity contribution in [3.8, 4) is 0 Å². The van der Waals surface area contributed by atoms with E-state index in [1.54, 1.807) is 20.8 Å². The van der Waals surface area contributed by atoms with E-state index in [-0.39, 0.29) is 11.3 Å². The summed E-state index contributed by atoms with van der Waals surface area (Å²) >= 11 is 0. The molecule has 1 rings (SSSR count). The smallest absolute Gasteiger partial charge is 0.417 e. The van der Waals surface area contributed by atoms with E-state index in [0.29, 0.717) is 0 Å². The molecule has 1 aromatic carbocycles. The highest BCUT2D eigenvalue weighted by molar-refractivity contribution is 5.85. The number of carbonyl (C=O) groups is 1. The number of carbonyl (C=O) groups excluding carboxylic acids is 1. The molecular formula is C14H16F3NO2. The van der Waals surface area contributed by atoms with Crippen molar-refractivity contribution in [3.05, 3.63) is 35.9 Å². The number of nitrogens with one attached hydrogen (secondary N) is 1. The summed E-state index contributed by atoms with van der Waals surface area (Å²) in [5.41, 5.74) is -1.62. The largest absolute Gasteiger partial charge is 0.444 e. The van der Waals surface area contributed by atoms with Crippen molar-refractivity contribution in [2.24, 2.45) is 0 Å². The molecule has 0 unspecified atom stereocenters. The normalized spacial score (nSPS) is 11.9. The van der Waals surface area contributed by atoms with Gasteiger partial charge in [0.15, 0.2) is 0 Å². The summed E-state index contributed by atoms with van der Waals surface area (Å²) in [6.45, 7) is 8.32.